The number of pyridine rings is 1. The van der Waals surface area contributed by atoms with Crippen molar-refractivity contribution < 1.29 is 8.42 Å². The standard InChI is InChI=1S/C14H21N3O2S/c1-2-20(18,19)17-10-13-8-16(9-14(13)11-17)7-12-3-5-15-6-4-12/h3-6,13-14H,2,7-11H2,1H3/t13-,14-/m1/s1. The fraction of sp³-hybridized carbons (Fsp3) is 0.643. The Labute approximate surface area is 120 Å². The lowest BCUT2D eigenvalue weighted by atomic mass is 10.0. The van der Waals surface area contributed by atoms with Crippen LogP contribution in [-0.4, -0.2) is 54.5 Å². The van der Waals surface area contributed by atoms with Crippen LogP contribution in [0.5, 0.6) is 0 Å². The summed E-state index contributed by atoms with van der Waals surface area (Å²) >= 11 is 0. The molecule has 110 valence electrons. The number of likely N-dealkylation sites (tertiary alicyclic amines) is 1. The van der Waals surface area contributed by atoms with E-state index in [9.17, 15) is 8.42 Å². The van der Waals surface area contributed by atoms with Crippen molar-refractivity contribution in [2.45, 2.75) is 13.5 Å². The molecule has 5 nitrogen and oxygen atoms in total. The van der Waals surface area contributed by atoms with Crippen molar-refractivity contribution in [1.29, 1.82) is 0 Å². The van der Waals surface area contributed by atoms with Crippen molar-refractivity contribution >= 4 is 10.0 Å². The maximum atomic E-state index is 11.9. The second kappa shape index (κ2) is 5.42. The van der Waals surface area contributed by atoms with Gasteiger partial charge in [-0.05, 0) is 36.5 Å². The minimum atomic E-state index is -3.01. The molecular formula is C14H21N3O2S. The van der Waals surface area contributed by atoms with Crippen molar-refractivity contribution in [2.75, 3.05) is 31.9 Å². The van der Waals surface area contributed by atoms with Crippen LogP contribution in [-0.2, 0) is 16.6 Å². The maximum Gasteiger partial charge on any atom is 0.213 e. The molecule has 1 aromatic rings. The van der Waals surface area contributed by atoms with Gasteiger partial charge in [0.1, 0.15) is 0 Å². The lowest BCUT2D eigenvalue weighted by Crippen LogP contribution is -2.34. The molecule has 3 rings (SSSR count). The Morgan fingerprint density at radius 1 is 1.15 bits per heavy atom. The van der Waals surface area contributed by atoms with Crippen LogP contribution >= 0.6 is 0 Å². The quantitative estimate of drug-likeness (QED) is 0.824. The van der Waals surface area contributed by atoms with Crippen LogP contribution in [0.3, 0.4) is 0 Å². The molecule has 2 aliphatic heterocycles. The highest BCUT2D eigenvalue weighted by Crippen LogP contribution is 2.33. The highest BCUT2D eigenvalue weighted by Gasteiger charge is 2.43. The molecule has 0 radical (unpaired) electrons. The van der Waals surface area contributed by atoms with E-state index < -0.39 is 10.0 Å². The topological polar surface area (TPSA) is 53.5 Å². The summed E-state index contributed by atoms with van der Waals surface area (Å²) < 4.78 is 25.5. The number of nitrogens with zero attached hydrogens (tertiary/aromatic N) is 3. The molecule has 2 aliphatic rings. The molecule has 0 N–H and O–H groups in total. The zero-order valence-electron chi connectivity index (χ0n) is 11.8. The largest absolute Gasteiger partial charge is 0.298 e. The molecule has 0 aliphatic carbocycles. The minimum Gasteiger partial charge on any atom is -0.298 e. The zero-order valence-corrected chi connectivity index (χ0v) is 12.6. The van der Waals surface area contributed by atoms with Crippen LogP contribution in [0.2, 0.25) is 0 Å². The molecule has 0 amide bonds. The van der Waals surface area contributed by atoms with Gasteiger partial charge in [0, 0.05) is 45.1 Å². The molecule has 6 heteroatoms. The summed E-state index contributed by atoms with van der Waals surface area (Å²) in [4.78, 5) is 6.46. The van der Waals surface area contributed by atoms with Crippen LogP contribution in [0, 0.1) is 11.8 Å². The Bertz CT molecular complexity index is 547. The third kappa shape index (κ3) is 2.73. The van der Waals surface area contributed by atoms with Gasteiger partial charge in [-0.25, -0.2) is 12.7 Å². The van der Waals surface area contributed by atoms with Gasteiger partial charge in [-0.3, -0.25) is 9.88 Å². The summed E-state index contributed by atoms with van der Waals surface area (Å²) in [6.45, 7) is 6.07. The van der Waals surface area contributed by atoms with Crippen molar-refractivity contribution in [3.05, 3.63) is 30.1 Å². The summed E-state index contributed by atoms with van der Waals surface area (Å²) in [6, 6.07) is 4.09. The van der Waals surface area contributed by atoms with Crippen molar-refractivity contribution in [1.82, 2.24) is 14.2 Å². The lowest BCUT2D eigenvalue weighted by Gasteiger charge is -2.20. The van der Waals surface area contributed by atoms with Crippen molar-refractivity contribution in [2.24, 2.45) is 11.8 Å². The van der Waals surface area contributed by atoms with E-state index in [1.807, 2.05) is 24.5 Å². The zero-order chi connectivity index (χ0) is 14.2. The van der Waals surface area contributed by atoms with Crippen molar-refractivity contribution in [3.63, 3.8) is 0 Å². The summed E-state index contributed by atoms with van der Waals surface area (Å²) in [5.41, 5.74) is 1.28. The van der Waals surface area contributed by atoms with Gasteiger partial charge in [-0.2, -0.15) is 0 Å². The molecule has 2 fully saturated rings. The number of fused-ring (bicyclic) bond motifs is 1. The molecule has 0 aromatic carbocycles. The second-order valence-electron chi connectivity index (χ2n) is 5.79. The predicted octanol–water partition coefficient (Wildman–Crippen LogP) is 0.795. The number of hydrogen-bond donors (Lipinski definition) is 0. The van der Waals surface area contributed by atoms with Crippen LogP contribution in [0.1, 0.15) is 12.5 Å². The first-order valence-electron chi connectivity index (χ1n) is 7.17. The maximum absolute atomic E-state index is 11.9. The molecule has 0 unspecified atom stereocenters. The first kappa shape index (κ1) is 14.0. The van der Waals surface area contributed by atoms with E-state index in [1.165, 1.54) is 5.56 Å². The molecular weight excluding hydrogens is 274 g/mol. The average Bonchev–Trinajstić information content (AvgIpc) is 2.98. The molecule has 0 saturated carbocycles. The Morgan fingerprint density at radius 3 is 2.30 bits per heavy atom. The Kier molecular flexibility index (Phi) is 3.79. The fourth-order valence-corrected chi connectivity index (χ4v) is 4.53. The first-order valence-corrected chi connectivity index (χ1v) is 8.78. The molecule has 20 heavy (non-hydrogen) atoms. The van der Waals surface area contributed by atoms with Crippen LogP contribution in [0.25, 0.3) is 0 Å². The van der Waals surface area contributed by atoms with Gasteiger partial charge in [-0.1, -0.05) is 0 Å². The van der Waals surface area contributed by atoms with Crippen LogP contribution < -0.4 is 0 Å². The summed E-state index contributed by atoms with van der Waals surface area (Å²) in [7, 11) is -3.01. The van der Waals surface area contributed by atoms with E-state index in [0.717, 1.165) is 19.6 Å². The van der Waals surface area contributed by atoms with Gasteiger partial charge in [0.25, 0.3) is 0 Å². The average molecular weight is 295 g/mol. The second-order valence-corrected chi connectivity index (χ2v) is 8.04. The Hall–Kier alpha value is -0.980. The summed E-state index contributed by atoms with van der Waals surface area (Å²) in [5.74, 6) is 1.21. The molecule has 1 aromatic heterocycles. The molecule has 3 heterocycles. The van der Waals surface area contributed by atoms with Gasteiger partial charge in [0.2, 0.25) is 10.0 Å². The molecule has 2 atom stereocenters. The first-order chi connectivity index (χ1) is 9.58. The SMILES string of the molecule is CCS(=O)(=O)N1C[C@H]2CN(Cc3ccncc3)C[C@@H]2C1. The smallest absolute Gasteiger partial charge is 0.213 e. The monoisotopic (exact) mass is 295 g/mol. The third-order valence-corrected chi connectivity index (χ3v) is 6.26. The normalized spacial score (nSPS) is 27.9. The summed E-state index contributed by atoms with van der Waals surface area (Å²) in [5, 5.41) is 0. The van der Waals surface area contributed by atoms with Gasteiger partial charge < -0.3 is 0 Å². The van der Waals surface area contributed by atoms with E-state index >= 15 is 0 Å². The molecule has 0 bridgehead atoms. The van der Waals surface area contributed by atoms with E-state index in [1.54, 1.807) is 11.2 Å². The highest BCUT2D eigenvalue weighted by atomic mass is 32.2. The van der Waals surface area contributed by atoms with E-state index in [4.69, 9.17) is 0 Å². The Balaban J connectivity index is 1.59. The number of rotatable bonds is 4. The minimum absolute atomic E-state index is 0.215. The predicted molar refractivity (Wildman–Crippen MR) is 77.5 cm³/mol. The van der Waals surface area contributed by atoms with Gasteiger partial charge in [-0.15, -0.1) is 0 Å². The van der Waals surface area contributed by atoms with E-state index in [-0.39, 0.29) is 5.75 Å². The van der Waals surface area contributed by atoms with Gasteiger partial charge >= 0.3 is 0 Å². The van der Waals surface area contributed by atoms with Crippen LogP contribution in [0.15, 0.2) is 24.5 Å². The number of hydrogen-bond acceptors (Lipinski definition) is 4. The Morgan fingerprint density at radius 2 is 1.75 bits per heavy atom. The lowest BCUT2D eigenvalue weighted by molar-refractivity contribution is 0.289. The van der Waals surface area contributed by atoms with Crippen molar-refractivity contribution in [3.8, 4) is 0 Å². The fourth-order valence-electron chi connectivity index (χ4n) is 3.33. The van der Waals surface area contributed by atoms with Gasteiger partial charge in [0.15, 0.2) is 0 Å². The number of sulfonamides is 1. The van der Waals surface area contributed by atoms with Gasteiger partial charge in [0.05, 0.1) is 5.75 Å². The highest BCUT2D eigenvalue weighted by molar-refractivity contribution is 7.89. The molecule has 0 spiro atoms. The summed E-state index contributed by atoms with van der Waals surface area (Å²) in [6.07, 6.45) is 3.64. The third-order valence-electron chi connectivity index (χ3n) is 4.44. The van der Waals surface area contributed by atoms with E-state index in [0.29, 0.717) is 24.9 Å². The van der Waals surface area contributed by atoms with E-state index in [2.05, 4.69) is 9.88 Å². The molecule has 2 saturated heterocycles. The van der Waals surface area contributed by atoms with Crippen LogP contribution in [0.4, 0.5) is 0 Å². The number of aromatic nitrogens is 1.